The number of hydrogen-bond acceptors (Lipinski definition) is 4. The van der Waals surface area contributed by atoms with Gasteiger partial charge in [0.2, 0.25) is 0 Å². The molecule has 2 heterocycles. The molecule has 120 valence electrons. The molecule has 0 amide bonds. The Bertz CT molecular complexity index is 698. The lowest BCUT2D eigenvalue weighted by atomic mass is 10.0. The molecule has 1 fully saturated rings. The van der Waals surface area contributed by atoms with Crippen LogP contribution in [-0.2, 0) is 11.2 Å². The van der Waals surface area contributed by atoms with Crippen LogP contribution in [0.1, 0.15) is 27.6 Å². The number of rotatable bonds is 4. The number of hydrogen-bond donors (Lipinski definition) is 1. The molecule has 3 rings (SSSR count). The third-order valence-electron chi connectivity index (χ3n) is 3.78. The monoisotopic (exact) mass is 350 g/mol. The Balaban J connectivity index is 1.73. The lowest BCUT2D eigenvalue weighted by Crippen LogP contribution is -2.33. The molecule has 1 aromatic heterocycles. The molecule has 1 saturated heterocycles. The molecule has 0 aliphatic carbocycles. The number of benzene rings is 1. The zero-order valence-electron chi connectivity index (χ0n) is 12.4. The molecule has 1 aliphatic heterocycles. The van der Waals surface area contributed by atoms with Gasteiger partial charge in [-0.3, -0.25) is 4.79 Å². The van der Waals surface area contributed by atoms with Crippen LogP contribution in [0.5, 0.6) is 0 Å². The van der Waals surface area contributed by atoms with Gasteiger partial charge in [-0.05, 0) is 29.3 Å². The van der Waals surface area contributed by atoms with E-state index in [9.17, 15) is 4.79 Å². The van der Waals surface area contributed by atoms with Crippen LogP contribution in [0.4, 0.5) is 0 Å². The van der Waals surface area contributed by atoms with E-state index in [-0.39, 0.29) is 18.3 Å². The van der Waals surface area contributed by atoms with Crippen LogP contribution in [0.25, 0.3) is 0 Å². The number of carbonyl (C=O) groups excluding carboxylic acids is 1. The average molecular weight is 351 g/mol. The van der Waals surface area contributed by atoms with Gasteiger partial charge < -0.3 is 10.1 Å². The number of carbonyl (C=O) groups is 1. The van der Waals surface area contributed by atoms with Crippen molar-refractivity contribution in [3.8, 4) is 0 Å². The van der Waals surface area contributed by atoms with Crippen LogP contribution < -0.4 is 5.32 Å². The van der Waals surface area contributed by atoms with E-state index in [2.05, 4.69) is 10.3 Å². The van der Waals surface area contributed by atoms with Crippen molar-refractivity contribution in [1.82, 2.24) is 10.3 Å². The highest BCUT2D eigenvalue weighted by Crippen LogP contribution is 2.26. The zero-order valence-corrected chi connectivity index (χ0v) is 13.9. The second-order valence-corrected chi connectivity index (χ2v) is 6.18. The van der Waals surface area contributed by atoms with Crippen LogP contribution in [0.15, 0.2) is 36.5 Å². The van der Waals surface area contributed by atoms with Gasteiger partial charge in [-0.2, -0.15) is 0 Å². The molecule has 2 aromatic rings. The largest absolute Gasteiger partial charge is 0.371 e. The maximum absolute atomic E-state index is 12.3. The summed E-state index contributed by atoms with van der Waals surface area (Å²) >= 11 is 12.1. The van der Waals surface area contributed by atoms with Crippen molar-refractivity contribution < 1.29 is 9.53 Å². The summed E-state index contributed by atoms with van der Waals surface area (Å²) in [6.07, 6.45) is 1.71. The number of aromatic nitrogens is 1. The predicted molar refractivity (Wildman–Crippen MR) is 90.3 cm³/mol. The fourth-order valence-corrected chi connectivity index (χ4v) is 2.87. The predicted octanol–water partition coefficient (Wildman–Crippen LogP) is 3.47. The number of pyridine rings is 1. The molecule has 0 unspecified atom stereocenters. The molecule has 23 heavy (non-hydrogen) atoms. The van der Waals surface area contributed by atoms with E-state index in [1.165, 1.54) is 6.20 Å². The SMILES string of the molecule is O=C(Cc1ccc([C@@H]2CNCCO2)cc1Cl)c1ccc(Cl)nc1. The second-order valence-electron chi connectivity index (χ2n) is 5.38. The van der Waals surface area contributed by atoms with E-state index < -0.39 is 0 Å². The van der Waals surface area contributed by atoms with Crippen LogP contribution in [-0.4, -0.2) is 30.5 Å². The first-order valence-electron chi connectivity index (χ1n) is 7.39. The van der Waals surface area contributed by atoms with Crippen molar-refractivity contribution in [3.05, 3.63) is 63.4 Å². The smallest absolute Gasteiger partial charge is 0.168 e. The number of halogens is 2. The number of morpholine rings is 1. The van der Waals surface area contributed by atoms with Crippen LogP contribution in [0.2, 0.25) is 10.2 Å². The molecule has 1 N–H and O–H groups in total. The molecule has 0 spiro atoms. The zero-order chi connectivity index (χ0) is 16.2. The standard InChI is InChI=1S/C17H16Cl2N2O2/c18-14-7-12(16-10-20-5-6-23-16)2-1-11(14)8-15(22)13-3-4-17(19)21-9-13/h1-4,7,9,16,20H,5-6,8,10H2/t16-/m0/s1. The number of ketones is 1. The lowest BCUT2D eigenvalue weighted by molar-refractivity contribution is 0.0277. The van der Waals surface area contributed by atoms with E-state index >= 15 is 0 Å². The van der Waals surface area contributed by atoms with E-state index in [0.29, 0.717) is 22.3 Å². The highest BCUT2D eigenvalue weighted by atomic mass is 35.5. The van der Waals surface area contributed by atoms with E-state index in [4.69, 9.17) is 27.9 Å². The number of ether oxygens (including phenoxy) is 1. The summed E-state index contributed by atoms with van der Waals surface area (Å²) in [4.78, 5) is 16.2. The van der Waals surface area contributed by atoms with Crippen molar-refractivity contribution >= 4 is 29.0 Å². The van der Waals surface area contributed by atoms with E-state index in [1.807, 2.05) is 18.2 Å². The maximum Gasteiger partial charge on any atom is 0.168 e. The van der Waals surface area contributed by atoms with Gasteiger partial charge in [-0.25, -0.2) is 4.98 Å². The molecule has 1 aliphatic rings. The second kappa shape index (κ2) is 7.41. The molecule has 1 atom stereocenters. The molecule has 0 bridgehead atoms. The minimum absolute atomic E-state index is 0.00599. The van der Waals surface area contributed by atoms with E-state index in [0.717, 1.165) is 24.2 Å². The van der Waals surface area contributed by atoms with Crippen molar-refractivity contribution in [2.45, 2.75) is 12.5 Å². The quantitative estimate of drug-likeness (QED) is 0.677. The Labute approximate surface area is 144 Å². The molecule has 0 saturated carbocycles. The molecule has 4 nitrogen and oxygen atoms in total. The molecule has 6 heteroatoms. The fourth-order valence-electron chi connectivity index (χ4n) is 2.50. The Morgan fingerprint density at radius 2 is 2.17 bits per heavy atom. The first-order valence-corrected chi connectivity index (χ1v) is 8.14. The first kappa shape index (κ1) is 16.4. The molecular weight excluding hydrogens is 335 g/mol. The van der Waals surface area contributed by atoms with Crippen molar-refractivity contribution in [2.24, 2.45) is 0 Å². The summed E-state index contributed by atoms with van der Waals surface area (Å²) in [7, 11) is 0. The van der Waals surface area contributed by atoms with Crippen molar-refractivity contribution in [3.63, 3.8) is 0 Å². The maximum atomic E-state index is 12.3. The van der Waals surface area contributed by atoms with Gasteiger partial charge in [0.15, 0.2) is 5.78 Å². The number of nitrogens with one attached hydrogen (secondary N) is 1. The number of Topliss-reactive ketones (excluding diaryl/α,β-unsaturated/α-hetero) is 1. The van der Waals surface area contributed by atoms with Gasteiger partial charge in [-0.15, -0.1) is 0 Å². The normalized spacial score (nSPS) is 17.9. The van der Waals surface area contributed by atoms with Gasteiger partial charge in [0, 0.05) is 36.3 Å². The van der Waals surface area contributed by atoms with Crippen LogP contribution in [0, 0.1) is 0 Å². The summed E-state index contributed by atoms with van der Waals surface area (Å²) < 4.78 is 5.71. The molecule has 0 radical (unpaired) electrons. The van der Waals surface area contributed by atoms with Gasteiger partial charge in [0.05, 0.1) is 12.7 Å². The van der Waals surface area contributed by atoms with Crippen LogP contribution in [0.3, 0.4) is 0 Å². The summed E-state index contributed by atoms with van der Waals surface area (Å²) in [5.41, 5.74) is 2.33. The third kappa shape index (κ3) is 4.09. The topological polar surface area (TPSA) is 51.2 Å². The summed E-state index contributed by atoms with van der Waals surface area (Å²) in [6.45, 7) is 2.32. The average Bonchev–Trinajstić information content (AvgIpc) is 2.58. The molecule has 1 aromatic carbocycles. The Kier molecular flexibility index (Phi) is 5.28. The van der Waals surface area contributed by atoms with Gasteiger partial charge in [0.25, 0.3) is 0 Å². The summed E-state index contributed by atoms with van der Waals surface area (Å²) in [5.74, 6) is -0.0422. The minimum Gasteiger partial charge on any atom is -0.371 e. The highest BCUT2D eigenvalue weighted by molar-refractivity contribution is 6.31. The highest BCUT2D eigenvalue weighted by Gasteiger charge is 2.17. The van der Waals surface area contributed by atoms with Crippen molar-refractivity contribution in [1.29, 1.82) is 0 Å². The Morgan fingerprint density at radius 1 is 1.30 bits per heavy atom. The minimum atomic E-state index is -0.0422. The summed E-state index contributed by atoms with van der Waals surface area (Å²) in [5, 5.41) is 4.23. The Morgan fingerprint density at radius 3 is 2.83 bits per heavy atom. The number of nitrogens with zero attached hydrogens (tertiary/aromatic N) is 1. The van der Waals surface area contributed by atoms with Gasteiger partial charge in [0.1, 0.15) is 5.15 Å². The lowest BCUT2D eigenvalue weighted by Gasteiger charge is -2.24. The van der Waals surface area contributed by atoms with Gasteiger partial charge >= 0.3 is 0 Å². The third-order valence-corrected chi connectivity index (χ3v) is 4.35. The summed E-state index contributed by atoms with van der Waals surface area (Å²) in [6, 6.07) is 9.00. The van der Waals surface area contributed by atoms with E-state index in [1.54, 1.807) is 12.1 Å². The van der Waals surface area contributed by atoms with Crippen LogP contribution >= 0.6 is 23.2 Å². The van der Waals surface area contributed by atoms with Crippen molar-refractivity contribution in [2.75, 3.05) is 19.7 Å². The fraction of sp³-hybridized carbons (Fsp3) is 0.294. The first-order chi connectivity index (χ1) is 11.1. The molecular formula is C17H16Cl2N2O2. The van der Waals surface area contributed by atoms with Gasteiger partial charge in [-0.1, -0.05) is 35.3 Å². The Hall–Kier alpha value is -1.46.